The first-order valence-corrected chi connectivity index (χ1v) is 1.52. The van der Waals surface area contributed by atoms with Gasteiger partial charge in [0.25, 0.3) is 0 Å². The number of methoxy groups -OCH3 is 1. The first-order chi connectivity index (χ1) is 3.18. The second kappa shape index (κ2) is 2.17. The maximum atomic E-state index is 9.75. The van der Waals surface area contributed by atoms with Crippen molar-refractivity contribution in [1.82, 2.24) is 5.73 Å². The molecule has 0 aromatic heterocycles. The fourth-order valence-corrected chi connectivity index (χ4v) is 0.0927. The van der Waals surface area contributed by atoms with Crippen molar-refractivity contribution < 1.29 is 14.3 Å². The van der Waals surface area contributed by atoms with Gasteiger partial charge < -0.3 is 4.74 Å². The molecule has 0 saturated carbocycles. The van der Waals surface area contributed by atoms with Gasteiger partial charge in [-0.05, 0) is 0 Å². The van der Waals surface area contributed by atoms with E-state index in [9.17, 15) is 9.59 Å². The highest BCUT2D eigenvalue weighted by Crippen LogP contribution is 1.67. The third kappa shape index (κ3) is 1.75. The van der Waals surface area contributed by atoms with Gasteiger partial charge in [0.15, 0.2) is 0 Å². The second-order valence-electron chi connectivity index (χ2n) is 0.821. The predicted molar refractivity (Wildman–Crippen MR) is 20.1 cm³/mol. The van der Waals surface area contributed by atoms with Crippen LogP contribution in [0.15, 0.2) is 0 Å². The minimum absolute atomic E-state index is 1.05. The molecule has 0 rings (SSSR count). The lowest BCUT2D eigenvalue weighted by molar-refractivity contribution is -0.151. The molecule has 1 radical (unpaired) electrons. The van der Waals surface area contributed by atoms with Crippen LogP contribution in [-0.4, -0.2) is 19.0 Å². The Morgan fingerprint density at radius 1 is 1.57 bits per heavy atom. The summed E-state index contributed by atoms with van der Waals surface area (Å²) in [6.07, 6.45) is 0. The summed E-state index contributed by atoms with van der Waals surface area (Å²) < 4.78 is 3.84. The molecule has 4 nitrogen and oxygen atoms in total. The van der Waals surface area contributed by atoms with Crippen molar-refractivity contribution in [2.45, 2.75) is 0 Å². The van der Waals surface area contributed by atoms with Crippen LogP contribution in [0, 0.1) is 0 Å². The average Bonchev–Trinajstić information content (AvgIpc) is 1.65. The molecule has 39 valence electrons. The number of carbonyl (C=O) groups is 2. The molecule has 0 aliphatic carbocycles. The molecule has 0 aliphatic rings. The molecular weight excluding hydrogens is 98.0 g/mol. The van der Waals surface area contributed by atoms with E-state index in [-0.39, 0.29) is 0 Å². The zero-order valence-corrected chi connectivity index (χ0v) is 3.72. The molecule has 0 heterocycles. The topological polar surface area (TPSA) is 67.2 Å². The lowest BCUT2D eigenvalue weighted by atomic mass is 10.7. The van der Waals surface area contributed by atoms with Crippen molar-refractivity contribution in [2.75, 3.05) is 7.11 Å². The van der Waals surface area contributed by atoms with Gasteiger partial charge in [0, 0.05) is 0 Å². The third-order valence-electron chi connectivity index (χ3n) is 0.371. The van der Waals surface area contributed by atoms with Gasteiger partial charge in [0.2, 0.25) is 0 Å². The molecule has 0 spiro atoms. The Morgan fingerprint density at radius 3 is 2.00 bits per heavy atom. The Kier molecular flexibility index (Phi) is 1.84. The van der Waals surface area contributed by atoms with Crippen LogP contribution in [0.1, 0.15) is 0 Å². The van der Waals surface area contributed by atoms with Crippen LogP contribution in [0.4, 0.5) is 0 Å². The Bertz CT molecular complexity index is 98.4. The van der Waals surface area contributed by atoms with E-state index in [0.29, 0.717) is 0 Å². The number of carbonyl (C=O) groups excluding carboxylic acids is 2. The van der Waals surface area contributed by atoms with Crippen molar-refractivity contribution in [3.63, 3.8) is 0 Å². The maximum absolute atomic E-state index is 9.75. The van der Waals surface area contributed by atoms with Crippen molar-refractivity contribution in [3.8, 4) is 0 Å². The van der Waals surface area contributed by atoms with E-state index in [2.05, 4.69) is 4.74 Å². The van der Waals surface area contributed by atoms with E-state index in [4.69, 9.17) is 5.73 Å². The number of nitrogens with one attached hydrogen (secondary N) is 1. The number of ether oxygens (including phenoxy) is 1. The van der Waals surface area contributed by atoms with Gasteiger partial charge in [-0.1, -0.05) is 0 Å². The molecule has 0 atom stereocenters. The minimum Gasteiger partial charge on any atom is -0.462 e. The Morgan fingerprint density at radius 2 is 2.00 bits per heavy atom. The number of amides is 1. The average molecular weight is 102 g/mol. The van der Waals surface area contributed by atoms with Crippen molar-refractivity contribution in [2.24, 2.45) is 0 Å². The fourth-order valence-electron chi connectivity index (χ4n) is 0.0927. The summed E-state index contributed by atoms with van der Waals surface area (Å²) in [6, 6.07) is 0. The Hall–Kier alpha value is -1.06. The van der Waals surface area contributed by atoms with Crippen LogP contribution in [0.3, 0.4) is 0 Å². The Balaban J connectivity index is 3.58. The van der Waals surface area contributed by atoms with Gasteiger partial charge in [-0.2, -0.15) is 0 Å². The number of esters is 1. The van der Waals surface area contributed by atoms with E-state index in [0.717, 1.165) is 7.11 Å². The summed E-state index contributed by atoms with van der Waals surface area (Å²) in [5.41, 5.74) is 6.07. The van der Waals surface area contributed by atoms with Crippen molar-refractivity contribution >= 4 is 11.9 Å². The summed E-state index contributed by atoms with van der Waals surface area (Å²) in [5.74, 6) is -2.44. The predicted octanol–water partition coefficient (Wildman–Crippen LogP) is -1.03. The number of hydrogen-bond acceptors (Lipinski definition) is 3. The summed E-state index contributed by atoms with van der Waals surface area (Å²) in [4.78, 5) is 19.3. The first-order valence-electron chi connectivity index (χ1n) is 1.52. The van der Waals surface area contributed by atoms with E-state index in [1.165, 1.54) is 0 Å². The van der Waals surface area contributed by atoms with Crippen molar-refractivity contribution in [1.29, 1.82) is 0 Å². The van der Waals surface area contributed by atoms with Gasteiger partial charge in [0.1, 0.15) is 0 Å². The SMILES string of the molecule is COC(=O)C([NH])=O. The van der Waals surface area contributed by atoms with E-state index in [1.54, 1.807) is 0 Å². The first kappa shape index (κ1) is 5.94. The van der Waals surface area contributed by atoms with Crippen molar-refractivity contribution in [3.05, 3.63) is 0 Å². The lowest BCUT2D eigenvalue weighted by Crippen LogP contribution is -2.15. The molecule has 1 amide bonds. The fraction of sp³-hybridized carbons (Fsp3) is 0.333. The van der Waals surface area contributed by atoms with Crippen LogP contribution in [0.25, 0.3) is 0 Å². The highest BCUT2D eigenvalue weighted by Gasteiger charge is 2.06. The van der Waals surface area contributed by atoms with Gasteiger partial charge in [-0.3, -0.25) is 10.5 Å². The largest absolute Gasteiger partial charge is 0.462 e. The molecule has 1 N–H and O–H groups in total. The molecule has 0 unspecified atom stereocenters. The molecule has 0 fully saturated rings. The third-order valence-corrected chi connectivity index (χ3v) is 0.371. The molecule has 7 heavy (non-hydrogen) atoms. The normalized spacial score (nSPS) is 7.57. The number of rotatable bonds is 0. The van der Waals surface area contributed by atoms with E-state index in [1.807, 2.05) is 0 Å². The standard InChI is InChI=1S/C3H4NO3/c1-7-3(6)2(4)5/h4H,1H3. The number of hydrogen-bond donors (Lipinski definition) is 0. The molecule has 0 aromatic rings. The van der Waals surface area contributed by atoms with E-state index < -0.39 is 11.9 Å². The summed E-state index contributed by atoms with van der Waals surface area (Å²) >= 11 is 0. The van der Waals surface area contributed by atoms with Gasteiger partial charge >= 0.3 is 11.9 Å². The molecule has 4 heteroatoms. The van der Waals surface area contributed by atoms with Crippen LogP contribution in [0.2, 0.25) is 0 Å². The zero-order chi connectivity index (χ0) is 5.86. The van der Waals surface area contributed by atoms with E-state index >= 15 is 0 Å². The lowest BCUT2D eigenvalue weighted by Gasteiger charge is -1.85. The maximum Gasteiger partial charge on any atom is 0.398 e. The van der Waals surface area contributed by atoms with Crippen LogP contribution in [-0.2, 0) is 14.3 Å². The van der Waals surface area contributed by atoms with Gasteiger partial charge in [0.05, 0.1) is 7.11 Å². The van der Waals surface area contributed by atoms with Crippen LogP contribution >= 0.6 is 0 Å². The highest BCUT2D eigenvalue weighted by atomic mass is 16.5. The highest BCUT2D eigenvalue weighted by molar-refractivity contribution is 6.31. The second-order valence-corrected chi connectivity index (χ2v) is 0.821. The molecule has 0 saturated heterocycles. The molecule has 0 aromatic carbocycles. The zero-order valence-electron chi connectivity index (χ0n) is 3.72. The minimum atomic E-state index is -1.32. The summed E-state index contributed by atoms with van der Waals surface area (Å²) in [7, 11) is 1.05. The van der Waals surface area contributed by atoms with Gasteiger partial charge in [-0.15, -0.1) is 0 Å². The molecule has 0 aliphatic heterocycles. The summed E-state index contributed by atoms with van der Waals surface area (Å²) in [6.45, 7) is 0. The monoisotopic (exact) mass is 102 g/mol. The molecule has 0 bridgehead atoms. The quantitative estimate of drug-likeness (QED) is 0.290. The Labute approximate surface area is 40.2 Å². The van der Waals surface area contributed by atoms with Crippen LogP contribution < -0.4 is 5.73 Å². The van der Waals surface area contributed by atoms with Gasteiger partial charge in [-0.25, -0.2) is 4.79 Å². The smallest absolute Gasteiger partial charge is 0.398 e. The van der Waals surface area contributed by atoms with Crippen LogP contribution in [0.5, 0.6) is 0 Å². The molecular formula is C3H4NO3. The summed E-state index contributed by atoms with van der Waals surface area (Å²) in [5, 5.41) is 0.